The quantitative estimate of drug-likeness (QED) is 0.255. The predicted octanol–water partition coefficient (Wildman–Crippen LogP) is 6.51. The van der Waals surface area contributed by atoms with E-state index in [1.165, 1.54) is 18.2 Å². The molecule has 0 spiro atoms. The second-order valence-electron chi connectivity index (χ2n) is 8.97. The minimum Gasteiger partial charge on any atom is -0.507 e. The number of hydrogen-bond acceptors (Lipinski definition) is 5. The minimum absolute atomic E-state index is 0.00907. The van der Waals surface area contributed by atoms with Crippen molar-refractivity contribution in [1.82, 2.24) is 15.1 Å². The first-order valence-electron chi connectivity index (χ1n) is 12.4. The van der Waals surface area contributed by atoms with Gasteiger partial charge in [-0.3, -0.25) is 9.89 Å². The number of nitrogens with zero attached hydrogens (tertiary/aromatic N) is 2. The maximum absolute atomic E-state index is 13.7. The first-order chi connectivity index (χ1) is 18.4. The van der Waals surface area contributed by atoms with Gasteiger partial charge < -0.3 is 19.5 Å². The molecule has 1 atom stereocenters. The maximum Gasteiger partial charge on any atom is 0.273 e. The fourth-order valence-corrected chi connectivity index (χ4v) is 4.86. The number of phenols is 1. The van der Waals surface area contributed by atoms with Crippen LogP contribution in [0.1, 0.15) is 53.5 Å². The van der Waals surface area contributed by atoms with E-state index in [1.807, 2.05) is 32.0 Å². The lowest BCUT2D eigenvalue weighted by Gasteiger charge is -2.27. The van der Waals surface area contributed by atoms with Crippen LogP contribution in [-0.2, 0) is 6.54 Å². The van der Waals surface area contributed by atoms with Crippen molar-refractivity contribution >= 4 is 17.5 Å². The van der Waals surface area contributed by atoms with E-state index in [4.69, 9.17) is 21.1 Å². The molecule has 1 aliphatic heterocycles. The Hall–Kier alpha value is -4.04. The first kappa shape index (κ1) is 25.6. The molecule has 0 radical (unpaired) electrons. The summed E-state index contributed by atoms with van der Waals surface area (Å²) in [5.74, 6) is 0.558. The highest BCUT2D eigenvalue weighted by Crippen LogP contribution is 2.46. The molecule has 2 heterocycles. The third kappa shape index (κ3) is 4.79. The number of H-pyrrole nitrogens is 1. The zero-order valence-corrected chi connectivity index (χ0v) is 21.8. The second-order valence-corrected chi connectivity index (χ2v) is 9.41. The van der Waals surface area contributed by atoms with Gasteiger partial charge in [-0.2, -0.15) is 5.10 Å². The van der Waals surface area contributed by atoms with Crippen LogP contribution < -0.4 is 9.47 Å². The number of rotatable bonds is 9. The maximum atomic E-state index is 13.7. The van der Waals surface area contributed by atoms with Crippen LogP contribution in [0.2, 0.25) is 5.02 Å². The normalized spacial score (nSPS) is 14.6. The van der Waals surface area contributed by atoms with Crippen molar-refractivity contribution in [2.45, 2.75) is 32.9 Å². The molecule has 3 aromatic carbocycles. The van der Waals surface area contributed by atoms with Gasteiger partial charge >= 0.3 is 0 Å². The zero-order chi connectivity index (χ0) is 26.8. The number of nitrogens with one attached hydrogen (secondary N) is 1. The molecule has 1 aliphatic rings. The second kappa shape index (κ2) is 10.8. The molecule has 2 N–H and O–H groups in total. The van der Waals surface area contributed by atoms with Gasteiger partial charge in [-0.15, -0.1) is 0 Å². The molecule has 5 rings (SSSR count). The number of aromatic amines is 1. The molecule has 0 aliphatic carbocycles. The van der Waals surface area contributed by atoms with Gasteiger partial charge in [0.15, 0.2) is 11.5 Å². The molecule has 196 valence electrons. The van der Waals surface area contributed by atoms with Crippen molar-refractivity contribution in [3.63, 3.8) is 0 Å². The van der Waals surface area contributed by atoms with Gasteiger partial charge in [0.1, 0.15) is 23.0 Å². The van der Waals surface area contributed by atoms with Crippen LogP contribution >= 0.6 is 11.6 Å². The molecule has 7 nitrogen and oxygen atoms in total. The Morgan fingerprint density at radius 1 is 1.05 bits per heavy atom. The number of hydrogen-bond donors (Lipinski definition) is 2. The van der Waals surface area contributed by atoms with Crippen LogP contribution in [0, 0.1) is 5.82 Å². The molecule has 0 fully saturated rings. The highest BCUT2D eigenvalue weighted by Gasteiger charge is 2.43. The van der Waals surface area contributed by atoms with Crippen molar-refractivity contribution in [1.29, 1.82) is 0 Å². The van der Waals surface area contributed by atoms with Gasteiger partial charge in [0, 0.05) is 22.7 Å². The standard InChI is InChI=1S/C29H27ClFN3O4/c1-3-13-38-23-12-7-18(14-24(23)37-4-2)28-25-26(21-15-19(30)8-11-22(21)35)32-33-27(25)29(36)34(28)16-17-5-9-20(31)10-6-17/h5-12,14-15,28,35H,3-4,13,16H2,1-2H3,(H,32,33). The zero-order valence-electron chi connectivity index (χ0n) is 21.0. The van der Waals surface area contributed by atoms with Crippen molar-refractivity contribution in [2.24, 2.45) is 0 Å². The summed E-state index contributed by atoms with van der Waals surface area (Å²) < 4.78 is 25.4. The summed E-state index contributed by atoms with van der Waals surface area (Å²) in [5.41, 5.74) is 3.29. The monoisotopic (exact) mass is 535 g/mol. The molecule has 1 aromatic heterocycles. The van der Waals surface area contributed by atoms with Crippen LogP contribution in [0.4, 0.5) is 4.39 Å². The molecular weight excluding hydrogens is 509 g/mol. The third-order valence-corrected chi connectivity index (χ3v) is 6.62. The van der Waals surface area contributed by atoms with Gasteiger partial charge in [0.25, 0.3) is 5.91 Å². The summed E-state index contributed by atoms with van der Waals surface area (Å²) in [6, 6.07) is 15.8. The van der Waals surface area contributed by atoms with E-state index in [1.54, 1.807) is 29.2 Å². The molecule has 4 aromatic rings. The molecule has 0 saturated heterocycles. The van der Waals surface area contributed by atoms with E-state index in [0.717, 1.165) is 17.5 Å². The summed E-state index contributed by atoms with van der Waals surface area (Å²) >= 11 is 6.24. The SMILES string of the molecule is CCCOc1ccc(C2c3c(-c4cc(Cl)ccc4O)n[nH]c3C(=O)N2Cc2ccc(F)cc2)cc1OCC. The fourth-order valence-electron chi connectivity index (χ4n) is 4.69. The number of benzene rings is 3. The Bertz CT molecular complexity index is 1470. The predicted molar refractivity (Wildman–Crippen MR) is 142 cm³/mol. The summed E-state index contributed by atoms with van der Waals surface area (Å²) in [6.45, 7) is 5.13. The highest BCUT2D eigenvalue weighted by atomic mass is 35.5. The first-order valence-corrected chi connectivity index (χ1v) is 12.8. The van der Waals surface area contributed by atoms with E-state index in [-0.39, 0.29) is 24.0 Å². The third-order valence-electron chi connectivity index (χ3n) is 6.39. The Morgan fingerprint density at radius 3 is 2.58 bits per heavy atom. The molecule has 1 unspecified atom stereocenters. The Kier molecular flexibility index (Phi) is 7.24. The van der Waals surface area contributed by atoms with Gasteiger partial charge in [0.05, 0.1) is 19.3 Å². The molecule has 1 amide bonds. The van der Waals surface area contributed by atoms with Crippen LogP contribution in [0.3, 0.4) is 0 Å². The number of amides is 1. The lowest BCUT2D eigenvalue weighted by molar-refractivity contribution is 0.0729. The number of carbonyl (C=O) groups excluding carboxylic acids is 1. The number of halogens is 2. The molecule has 0 bridgehead atoms. The van der Waals surface area contributed by atoms with Gasteiger partial charge in [-0.1, -0.05) is 36.7 Å². The van der Waals surface area contributed by atoms with Crippen LogP contribution in [0.15, 0.2) is 60.7 Å². The topological polar surface area (TPSA) is 87.7 Å². The van der Waals surface area contributed by atoms with Gasteiger partial charge in [-0.05, 0) is 66.9 Å². The van der Waals surface area contributed by atoms with E-state index in [9.17, 15) is 14.3 Å². The van der Waals surface area contributed by atoms with E-state index in [0.29, 0.717) is 52.3 Å². The van der Waals surface area contributed by atoms with E-state index in [2.05, 4.69) is 10.2 Å². The Balaban J connectivity index is 1.66. The van der Waals surface area contributed by atoms with Crippen molar-refractivity contribution in [3.05, 3.63) is 93.9 Å². The van der Waals surface area contributed by atoms with Crippen LogP contribution in [0.25, 0.3) is 11.3 Å². The number of phenolic OH excluding ortho intramolecular Hbond substituents is 1. The van der Waals surface area contributed by atoms with Crippen LogP contribution in [-0.4, -0.2) is 39.3 Å². The van der Waals surface area contributed by atoms with Crippen molar-refractivity contribution in [3.8, 4) is 28.5 Å². The molecule has 9 heteroatoms. The number of fused-ring (bicyclic) bond motifs is 1. The van der Waals surface area contributed by atoms with E-state index >= 15 is 0 Å². The molecular formula is C29H27ClFN3O4. The number of aromatic nitrogens is 2. The van der Waals surface area contributed by atoms with Crippen LogP contribution in [0.5, 0.6) is 17.2 Å². The van der Waals surface area contributed by atoms with E-state index < -0.39 is 6.04 Å². The number of aromatic hydroxyl groups is 1. The fraction of sp³-hybridized carbons (Fsp3) is 0.241. The number of ether oxygens (including phenoxy) is 2. The highest BCUT2D eigenvalue weighted by molar-refractivity contribution is 6.31. The Morgan fingerprint density at radius 2 is 1.84 bits per heavy atom. The van der Waals surface area contributed by atoms with Crippen molar-refractivity contribution < 1.29 is 23.8 Å². The van der Waals surface area contributed by atoms with Gasteiger partial charge in [-0.25, -0.2) is 4.39 Å². The Labute approximate surface area is 224 Å². The van der Waals surface area contributed by atoms with Crippen molar-refractivity contribution in [2.75, 3.05) is 13.2 Å². The minimum atomic E-state index is -0.575. The summed E-state index contributed by atoms with van der Waals surface area (Å²) in [7, 11) is 0. The average molecular weight is 536 g/mol. The lowest BCUT2D eigenvalue weighted by atomic mass is 9.95. The largest absolute Gasteiger partial charge is 0.507 e. The lowest BCUT2D eigenvalue weighted by Crippen LogP contribution is -2.29. The number of carbonyl (C=O) groups is 1. The summed E-state index contributed by atoms with van der Waals surface area (Å²) in [4.78, 5) is 15.4. The van der Waals surface area contributed by atoms with Gasteiger partial charge in [0.2, 0.25) is 0 Å². The summed E-state index contributed by atoms with van der Waals surface area (Å²) in [5, 5.41) is 18.3. The summed E-state index contributed by atoms with van der Waals surface area (Å²) in [6.07, 6.45) is 0.848. The average Bonchev–Trinajstić information content (AvgIpc) is 3.45. The smallest absolute Gasteiger partial charge is 0.273 e. The molecule has 0 saturated carbocycles. The molecule has 38 heavy (non-hydrogen) atoms.